The van der Waals surface area contributed by atoms with Gasteiger partial charge in [-0.15, -0.1) is 0 Å². The van der Waals surface area contributed by atoms with E-state index in [9.17, 15) is 0 Å². The summed E-state index contributed by atoms with van der Waals surface area (Å²) in [5.41, 5.74) is 2.86. The molecule has 2 aromatic rings. The molecule has 0 radical (unpaired) electrons. The van der Waals surface area contributed by atoms with E-state index in [1.165, 1.54) is 50.3 Å². The molecule has 0 spiro atoms. The minimum Gasteiger partial charge on any atom is -0.367 e. The van der Waals surface area contributed by atoms with Gasteiger partial charge in [-0.3, -0.25) is 0 Å². The number of rotatable bonds is 4. The minimum absolute atomic E-state index is 0.705. The molecule has 2 aliphatic heterocycles. The summed E-state index contributed by atoms with van der Waals surface area (Å²) in [5, 5.41) is 0. The molecule has 0 aromatic heterocycles. The van der Waals surface area contributed by atoms with E-state index in [1.54, 1.807) is 0 Å². The molecule has 2 atom stereocenters. The third kappa shape index (κ3) is 2.89. The third-order valence-electron chi connectivity index (χ3n) is 5.13. The summed E-state index contributed by atoms with van der Waals surface area (Å²) in [4.78, 5) is 5.31. The molecule has 0 saturated carbocycles. The number of likely N-dealkylation sites (tertiary alicyclic amines) is 1. The molecule has 2 nitrogen and oxygen atoms in total. The molecule has 2 heteroatoms. The Hall–Kier alpha value is -1.80. The third-order valence-corrected chi connectivity index (χ3v) is 5.13. The topological polar surface area (TPSA) is 6.48 Å². The Balaban J connectivity index is 1.39. The fourth-order valence-corrected chi connectivity index (χ4v) is 4.11. The van der Waals surface area contributed by atoms with Gasteiger partial charge in [-0.25, -0.2) is 0 Å². The monoisotopic (exact) mass is 292 g/mol. The Morgan fingerprint density at radius 1 is 0.818 bits per heavy atom. The molecule has 2 bridgehead atoms. The molecule has 2 aliphatic rings. The molecule has 2 heterocycles. The van der Waals surface area contributed by atoms with Crippen LogP contribution in [0, 0.1) is 5.92 Å². The first-order valence-electron chi connectivity index (χ1n) is 8.46. The summed E-state index contributed by atoms with van der Waals surface area (Å²) in [6.07, 6.45) is 2.54. The summed E-state index contributed by atoms with van der Waals surface area (Å²) < 4.78 is 0. The Morgan fingerprint density at radius 2 is 1.55 bits per heavy atom. The van der Waals surface area contributed by atoms with Gasteiger partial charge in [0.2, 0.25) is 0 Å². The van der Waals surface area contributed by atoms with Crippen LogP contribution in [-0.2, 0) is 6.42 Å². The Bertz CT molecular complexity index is 596. The molecule has 0 amide bonds. The van der Waals surface area contributed by atoms with Crippen molar-refractivity contribution < 1.29 is 0 Å². The van der Waals surface area contributed by atoms with E-state index in [4.69, 9.17) is 0 Å². The van der Waals surface area contributed by atoms with Crippen LogP contribution in [0.2, 0.25) is 0 Å². The van der Waals surface area contributed by atoms with Crippen LogP contribution in [0.1, 0.15) is 12.0 Å². The maximum absolute atomic E-state index is 2.68. The molecule has 0 N–H and O–H groups in total. The van der Waals surface area contributed by atoms with Crippen molar-refractivity contribution in [2.45, 2.75) is 18.9 Å². The van der Waals surface area contributed by atoms with Gasteiger partial charge in [-0.2, -0.15) is 0 Å². The highest BCUT2D eigenvalue weighted by atomic mass is 15.3. The maximum atomic E-state index is 2.68. The quantitative estimate of drug-likeness (QED) is 0.852. The summed E-state index contributed by atoms with van der Waals surface area (Å²) in [6, 6.07) is 22.5. The highest BCUT2D eigenvalue weighted by Crippen LogP contribution is 2.33. The van der Waals surface area contributed by atoms with Crippen molar-refractivity contribution in [3.05, 3.63) is 66.2 Å². The molecule has 2 fully saturated rings. The predicted molar refractivity (Wildman–Crippen MR) is 92.3 cm³/mol. The van der Waals surface area contributed by atoms with Crippen LogP contribution >= 0.6 is 0 Å². The van der Waals surface area contributed by atoms with E-state index in [0.29, 0.717) is 6.04 Å². The van der Waals surface area contributed by atoms with Gasteiger partial charge in [0.25, 0.3) is 0 Å². The Labute approximate surface area is 133 Å². The van der Waals surface area contributed by atoms with Crippen molar-refractivity contribution >= 4 is 5.69 Å². The van der Waals surface area contributed by atoms with Crippen molar-refractivity contribution in [2.75, 3.05) is 31.1 Å². The lowest BCUT2D eigenvalue weighted by atomic mass is 9.99. The van der Waals surface area contributed by atoms with Crippen LogP contribution in [0.25, 0.3) is 0 Å². The number of hydrogen-bond acceptors (Lipinski definition) is 2. The van der Waals surface area contributed by atoms with Crippen LogP contribution in [0.4, 0.5) is 5.69 Å². The molecular formula is C20H24N2. The molecule has 2 unspecified atom stereocenters. The zero-order valence-electron chi connectivity index (χ0n) is 13.1. The van der Waals surface area contributed by atoms with Crippen molar-refractivity contribution in [3.63, 3.8) is 0 Å². The van der Waals surface area contributed by atoms with Crippen molar-refractivity contribution in [3.8, 4) is 0 Å². The van der Waals surface area contributed by atoms with Crippen LogP contribution in [0.3, 0.4) is 0 Å². The predicted octanol–water partition coefficient (Wildman–Crippen LogP) is 3.44. The highest BCUT2D eigenvalue weighted by molar-refractivity contribution is 5.48. The minimum atomic E-state index is 0.705. The second-order valence-electron chi connectivity index (χ2n) is 6.74. The zero-order chi connectivity index (χ0) is 14.8. The molecule has 2 aromatic carbocycles. The highest BCUT2D eigenvalue weighted by Gasteiger charge is 2.38. The number of anilines is 1. The zero-order valence-corrected chi connectivity index (χ0v) is 13.1. The fourth-order valence-electron chi connectivity index (χ4n) is 4.11. The van der Waals surface area contributed by atoms with E-state index >= 15 is 0 Å². The summed E-state index contributed by atoms with van der Waals surface area (Å²) in [5.74, 6) is 0.842. The largest absolute Gasteiger partial charge is 0.367 e. The first kappa shape index (κ1) is 13.8. The summed E-state index contributed by atoms with van der Waals surface area (Å²) in [7, 11) is 0. The van der Waals surface area contributed by atoms with Gasteiger partial charge >= 0.3 is 0 Å². The standard InChI is InChI=1S/C20H24N2/c1-3-7-17(8-4-1)11-12-21-14-18-13-20(16-21)22(15-18)19-9-5-2-6-10-19/h1-10,18,20H,11-16H2. The van der Waals surface area contributed by atoms with Crippen molar-refractivity contribution in [1.29, 1.82) is 0 Å². The number of fused-ring (bicyclic) bond motifs is 2. The number of benzene rings is 2. The van der Waals surface area contributed by atoms with Gasteiger partial charge in [0, 0.05) is 37.9 Å². The molecular weight excluding hydrogens is 268 g/mol. The lowest BCUT2D eigenvalue weighted by Gasteiger charge is -2.33. The lowest BCUT2D eigenvalue weighted by molar-refractivity contribution is 0.197. The number of nitrogens with zero attached hydrogens (tertiary/aromatic N) is 2. The molecule has 0 aliphatic carbocycles. The van der Waals surface area contributed by atoms with Gasteiger partial charge in [0.15, 0.2) is 0 Å². The van der Waals surface area contributed by atoms with E-state index in [0.717, 1.165) is 5.92 Å². The molecule has 4 rings (SSSR count). The first-order valence-corrected chi connectivity index (χ1v) is 8.46. The van der Waals surface area contributed by atoms with E-state index in [2.05, 4.69) is 70.5 Å². The smallest absolute Gasteiger partial charge is 0.0420 e. The van der Waals surface area contributed by atoms with Gasteiger partial charge in [0.05, 0.1) is 0 Å². The van der Waals surface area contributed by atoms with Gasteiger partial charge < -0.3 is 9.80 Å². The van der Waals surface area contributed by atoms with Gasteiger partial charge in [-0.1, -0.05) is 48.5 Å². The SMILES string of the molecule is c1ccc(CCN2CC3CC(C2)N(c2ccccc2)C3)cc1. The Kier molecular flexibility index (Phi) is 3.86. The second-order valence-corrected chi connectivity index (χ2v) is 6.74. The summed E-state index contributed by atoms with van der Waals surface area (Å²) >= 11 is 0. The fraction of sp³-hybridized carbons (Fsp3) is 0.400. The average molecular weight is 292 g/mol. The van der Waals surface area contributed by atoms with E-state index < -0.39 is 0 Å². The molecule has 22 heavy (non-hydrogen) atoms. The average Bonchev–Trinajstić information content (AvgIpc) is 2.89. The second kappa shape index (κ2) is 6.13. The molecule has 114 valence electrons. The van der Waals surface area contributed by atoms with Crippen LogP contribution in [-0.4, -0.2) is 37.1 Å². The van der Waals surface area contributed by atoms with Crippen molar-refractivity contribution in [1.82, 2.24) is 4.90 Å². The van der Waals surface area contributed by atoms with E-state index in [1.807, 2.05) is 0 Å². The first-order chi connectivity index (χ1) is 10.9. The van der Waals surface area contributed by atoms with Gasteiger partial charge in [0.1, 0.15) is 0 Å². The maximum Gasteiger partial charge on any atom is 0.0420 e. The van der Waals surface area contributed by atoms with Crippen molar-refractivity contribution in [2.24, 2.45) is 5.92 Å². The van der Waals surface area contributed by atoms with Gasteiger partial charge in [-0.05, 0) is 36.5 Å². The molecule has 2 saturated heterocycles. The number of hydrogen-bond donors (Lipinski definition) is 0. The van der Waals surface area contributed by atoms with Crippen LogP contribution in [0.15, 0.2) is 60.7 Å². The van der Waals surface area contributed by atoms with Crippen LogP contribution < -0.4 is 4.90 Å². The van der Waals surface area contributed by atoms with E-state index in [-0.39, 0.29) is 0 Å². The number of piperidine rings is 1. The normalized spacial score (nSPS) is 24.6. The lowest BCUT2D eigenvalue weighted by Crippen LogP contribution is -2.43. The Morgan fingerprint density at radius 3 is 2.32 bits per heavy atom. The summed E-state index contributed by atoms with van der Waals surface area (Å²) in [6.45, 7) is 4.92. The number of para-hydroxylation sites is 1. The van der Waals surface area contributed by atoms with Crippen LogP contribution in [0.5, 0.6) is 0 Å².